The third kappa shape index (κ3) is 6.37. The molecule has 6 nitrogen and oxygen atoms in total. The van der Waals surface area contributed by atoms with E-state index < -0.39 is 10.0 Å². The van der Waals surface area contributed by atoms with Crippen LogP contribution in [0.15, 0.2) is 71.6 Å². The van der Waals surface area contributed by atoms with Gasteiger partial charge in [0.25, 0.3) is 15.9 Å². The molecule has 31 heavy (non-hydrogen) atoms. The van der Waals surface area contributed by atoms with Gasteiger partial charge in [0.2, 0.25) is 0 Å². The summed E-state index contributed by atoms with van der Waals surface area (Å²) in [4.78, 5) is 12.0. The molecule has 0 heterocycles. The number of amides is 1. The number of anilines is 1. The van der Waals surface area contributed by atoms with E-state index in [-0.39, 0.29) is 34.7 Å². The van der Waals surface area contributed by atoms with Crippen molar-refractivity contribution in [2.75, 3.05) is 11.3 Å². The van der Waals surface area contributed by atoms with E-state index in [2.05, 4.69) is 10.0 Å². The van der Waals surface area contributed by atoms with Crippen LogP contribution in [-0.4, -0.2) is 20.9 Å². The summed E-state index contributed by atoms with van der Waals surface area (Å²) in [6.45, 7) is 1.89. The van der Waals surface area contributed by atoms with Gasteiger partial charge in [-0.1, -0.05) is 59.1 Å². The Bertz CT molecular complexity index is 1180. The van der Waals surface area contributed by atoms with E-state index in [9.17, 15) is 13.2 Å². The number of rotatable bonds is 8. The molecule has 0 radical (unpaired) electrons. The van der Waals surface area contributed by atoms with Crippen molar-refractivity contribution < 1.29 is 17.9 Å². The molecule has 3 rings (SSSR count). The standard InChI is InChI=1S/C22H20Cl2N2O4S/c1-15-6-8-17(9-7-15)26-31(28,29)18-10-11-21(20(24)12-18)30-14-22(27)25-13-16-4-2-3-5-19(16)23/h2-12,26H,13-14H2,1H3,(H,25,27). The first-order chi connectivity index (χ1) is 14.7. The third-order valence-electron chi connectivity index (χ3n) is 4.31. The van der Waals surface area contributed by atoms with Gasteiger partial charge in [0.1, 0.15) is 5.75 Å². The van der Waals surface area contributed by atoms with E-state index in [1.54, 1.807) is 36.4 Å². The Balaban J connectivity index is 1.59. The number of halogens is 2. The lowest BCUT2D eigenvalue weighted by molar-refractivity contribution is -0.123. The predicted molar refractivity (Wildman–Crippen MR) is 122 cm³/mol. The summed E-state index contributed by atoms with van der Waals surface area (Å²) in [7, 11) is -3.82. The lowest BCUT2D eigenvalue weighted by Crippen LogP contribution is -2.28. The van der Waals surface area contributed by atoms with E-state index in [1.807, 2.05) is 19.1 Å². The summed E-state index contributed by atoms with van der Waals surface area (Å²) >= 11 is 12.2. The normalized spacial score (nSPS) is 11.1. The predicted octanol–water partition coefficient (Wildman–Crippen LogP) is 4.80. The van der Waals surface area contributed by atoms with Crippen LogP contribution in [0, 0.1) is 6.92 Å². The molecule has 9 heteroatoms. The number of ether oxygens (including phenoxy) is 1. The molecule has 1 amide bonds. The van der Waals surface area contributed by atoms with Gasteiger partial charge in [-0.15, -0.1) is 0 Å². The number of carbonyl (C=O) groups excluding carboxylic acids is 1. The van der Waals surface area contributed by atoms with Gasteiger partial charge < -0.3 is 10.1 Å². The molecule has 0 aliphatic rings. The van der Waals surface area contributed by atoms with E-state index in [0.717, 1.165) is 11.1 Å². The van der Waals surface area contributed by atoms with Crippen LogP contribution in [0.4, 0.5) is 5.69 Å². The van der Waals surface area contributed by atoms with Crippen molar-refractivity contribution >= 4 is 44.8 Å². The van der Waals surface area contributed by atoms with Crippen LogP contribution < -0.4 is 14.8 Å². The van der Waals surface area contributed by atoms with Crippen molar-refractivity contribution in [2.45, 2.75) is 18.4 Å². The summed E-state index contributed by atoms with van der Waals surface area (Å²) < 4.78 is 33.1. The molecule has 0 aliphatic carbocycles. The van der Waals surface area contributed by atoms with Crippen LogP contribution in [0.2, 0.25) is 10.0 Å². The lowest BCUT2D eigenvalue weighted by atomic mass is 10.2. The molecule has 162 valence electrons. The maximum atomic E-state index is 12.6. The molecule has 0 aromatic heterocycles. The molecule has 2 N–H and O–H groups in total. The number of sulfonamides is 1. The average Bonchev–Trinajstić information content (AvgIpc) is 2.73. The van der Waals surface area contributed by atoms with Gasteiger partial charge in [0.15, 0.2) is 6.61 Å². The van der Waals surface area contributed by atoms with E-state index in [1.165, 1.54) is 18.2 Å². The van der Waals surface area contributed by atoms with Crippen LogP contribution >= 0.6 is 23.2 Å². The maximum Gasteiger partial charge on any atom is 0.261 e. The highest BCUT2D eigenvalue weighted by atomic mass is 35.5. The second-order valence-electron chi connectivity index (χ2n) is 6.72. The Morgan fingerprint density at radius 2 is 1.68 bits per heavy atom. The minimum absolute atomic E-state index is 0.0198. The molecule has 3 aromatic carbocycles. The van der Waals surface area contributed by atoms with Crippen molar-refractivity contribution in [2.24, 2.45) is 0 Å². The maximum absolute atomic E-state index is 12.6. The molecule has 0 unspecified atom stereocenters. The van der Waals surface area contributed by atoms with Crippen LogP contribution in [0.1, 0.15) is 11.1 Å². The van der Waals surface area contributed by atoms with Gasteiger partial charge in [0, 0.05) is 17.3 Å². The van der Waals surface area contributed by atoms with Crippen molar-refractivity contribution in [1.82, 2.24) is 5.32 Å². The number of benzene rings is 3. The largest absolute Gasteiger partial charge is 0.482 e. The Hall–Kier alpha value is -2.74. The monoisotopic (exact) mass is 478 g/mol. The van der Waals surface area contributed by atoms with Crippen LogP contribution in [0.25, 0.3) is 0 Å². The fraction of sp³-hybridized carbons (Fsp3) is 0.136. The summed E-state index contributed by atoms with van der Waals surface area (Å²) in [5.74, 6) is -0.169. The Morgan fingerprint density at radius 1 is 0.968 bits per heavy atom. The van der Waals surface area contributed by atoms with Gasteiger partial charge in [-0.25, -0.2) is 8.42 Å². The topological polar surface area (TPSA) is 84.5 Å². The first-order valence-electron chi connectivity index (χ1n) is 9.26. The van der Waals surface area contributed by atoms with Crippen LogP contribution in [-0.2, 0) is 21.4 Å². The zero-order valence-electron chi connectivity index (χ0n) is 16.6. The third-order valence-corrected chi connectivity index (χ3v) is 6.35. The molecule has 0 atom stereocenters. The van der Waals surface area contributed by atoms with Gasteiger partial charge in [-0.3, -0.25) is 9.52 Å². The molecule has 0 bridgehead atoms. The molecule has 0 saturated carbocycles. The molecular formula is C22H20Cl2N2O4S. The summed E-state index contributed by atoms with van der Waals surface area (Å²) in [6, 6.07) is 18.2. The van der Waals surface area contributed by atoms with Crippen molar-refractivity contribution in [1.29, 1.82) is 0 Å². The second-order valence-corrected chi connectivity index (χ2v) is 9.22. The molecule has 0 aliphatic heterocycles. The van der Waals surface area contributed by atoms with E-state index >= 15 is 0 Å². The number of hydrogen-bond donors (Lipinski definition) is 2. The van der Waals surface area contributed by atoms with Gasteiger partial charge in [-0.2, -0.15) is 0 Å². The second kappa shape index (κ2) is 10.0. The molecule has 3 aromatic rings. The Labute approximate surface area is 191 Å². The zero-order chi connectivity index (χ0) is 22.4. The van der Waals surface area contributed by atoms with Gasteiger partial charge in [-0.05, 0) is 48.9 Å². The lowest BCUT2D eigenvalue weighted by Gasteiger charge is -2.12. The van der Waals surface area contributed by atoms with Crippen LogP contribution in [0.3, 0.4) is 0 Å². The number of aryl methyl sites for hydroxylation is 1. The highest BCUT2D eigenvalue weighted by Gasteiger charge is 2.17. The first kappa shape index (κ1) is 22.9. The van der Waals surface area contributed by atoms with Crippen molar-refractivity contribution in [3.63, 3.8) is 0 Å². The number of hydrogen-bond acceptors (Lipinski definition) is 4. The highest BCUT2D eigenvalue weighted by molar-refractivity contribution is 7.92. The summed E-state index contributed by atoms with van der Waals surface area (Å²) in [6.07, 6.45) is 0. The Morgan fingerprint density at radius 3 is 2.35 bits per heavy atom. The average molecular weight is 479 g/mol. The zero-order valence-corrected chi connectivity index (χ0v) is 18.9. The van der Waals surface area contributed by atoms with Crippen molar-refractivity contribution in [3.8, 4) is 5.75 Å². The quantitative estimate of drug-likeness (QED) is 0.486. The fourth-order valence-electron chi connectivity index (χ4n) is 2.63. The van der Waals surface area contributed by atoms with Gasteiger partial charge in [0.05, 0.1) is 9.92 Å². The SMILES string of the molecule is Cc1ccc(NS(=O)(=O)c2ccc(OCC(=O)NCc3ccccc3Cl)c(Cl)c2)cc1. The Kier molecular flexibility index (Phi) is 7.43. The van der Waals surface area contributed by atoms with Gasteiger partial charge >= 0.3 is 0 Å². The molecular weight excluding hydrogens is 459 g/mol. The summed E-state index contributed by atoms with van der Waals surface area (Å²) in [5, 5.41) is 3.33. The molecule has 0 spiro atoms. The van der Waals surface area contributed by atoms with Crippen molar-refractivity contribution in [3.05, 3.63) is 87.9 Å². The van der Waals surface area contributed by atoms with Crippen LogP contribution in [0.5, 0.6) is 5.75 Å². The molecule has 0 saturated heterocycles. The number of nitrogens with one attached hydrogen (secondary N) is 2. The minimum atomic E-state index is -3.82. The summed E-state index contributed by atoms with van der Waals surface area (Å²) in [5.41, 5.74) is 2.24. The first-order valence-corrected chi connectivity index (χ1v) is 11.5. The van der Waals surface area contributed by atoms with E-state index in [0.29, 0.717) is 10.7 Å². The highest BCUT2D eigenvalue weighted by Crippen LogP contribution is 2.28. The minimum Gasteiger partial charge on any atom is -0.482 e. The smallest absolute Gasteiger partial charge is 0.261 e. The number of carbonyl (C=O) groups is 1. The van der Waals surface area contributed by atoms with E-state index in [4.69, 9.17) is 27.9 Å². The molecule has 0 fully saturated rings. The fourth-order valence-corrected chi connectivity index (χ4v) is 4.22.